The van der Waals surface area contributed by atoms with Crippen LogP contribution in [0, 0.1) is 11.7 Å². The van der Waals surface area contributed by atoms with Crippen molar-refractivity contribution < 1.29 is 35.9 Å². The second-order valence-electron chi connectivity index (χ2n) is 9.64. The highest BCUT2D eigenvalue weighted by molar-refractivity contribution is 7.89. The summed E-state index contributed by atoms with van der Waals surface area (Å²) >= 11 is 0. The Bertz CT molecular complexity index is 936. The lowest BCUT2D eigenvalue weighted by atomic mass is 9.98. The molecule has 0 saturated carbocycles. The first-order valence-corrected chi connectivity index (χ1v) is 14.3. The molecule has 214 valence electrons. The van der Waals surface area contributed by atoms with Gasteiger partial charge in [0.1, 0.15) is 5.82 Å². The summed E-state index contributed by atoms with van der Waals surface area (Å²) < 4.78 is 80.0. The van der Waals surface area contributed by atoms with E-state index < -0.39 is 51.4 Å². The van der Waals surface area contributed by atoms with Crippen LogP contribution >= 0.6 is 0 Å². The summed E-state index contributed by atoms with van der Waals surface area (Å²) in [5, 5.41) is 16.3. The van der Waals surface area contributed by atoms with Crippen LogP contribution in [-0.2, 0) is 27.4 Å². The molecule has 0 aliphatic rings. The summed E-state index contributed by atoms with van der Waals surface area (Å²) in [7, 11) is -3.69. The number of amides is 1. The number of aliphatic hydroxyl groups is 1. The molecule has 0 aliphatic heterocycles. The molecule has 1 aromatic carbocycles. The maximum absolute atomic E-state index is 13.9. The Morgan fingerprint density at radius 1 is 1.11 bits per heavy atom. The van der Waals surface area contributed by atoms with Crippen LogP contribution in [-0.4, -0.2) is 67.8 Å². The third-order valence-corrected chi connectivity index (χ3v) is 7.60. The van der Waals surface area contributed by atoms with Gasteiger partial charge in [-0.05, 0) is 61.9 Å². The van der Waals surface area contributed by atoms with Crippen molar-refractivity contribution in [3.63, 3.8) is 0 Å². The molecule has 0 spiro atoms. The van der Waals surface area contributed by atoms with E-state index in [1.165, 1.54) is 4.31 Å². The van der Waals surface area contributed by atoms with Gasteiger partial charge in [0.2, 0.25) is 15.9 Å². The minimum absolute atomic E-state index is 0.0399. The fourth-order valence-corrected chi connectivity index (χ4v) is 5.39. The minimum Gasteiger partial charge on any atom is -0.390 e. The van der Waals surface area contributed by atoms with E-state index >= 15 is 0 Å². The third-order valence-electron chi connectivity index (χ3n) is 5.73. The molecule has 2 atom stereocenters. The van der Waals surface area contributed by atoms with Gasteiger partial charge < -0.3 is 15.7 Å². The molecule has 0 saturated heterocycles. The van der Waals surface area contributed by atoms with E-state index in [2.05, 4.69) is 10.6 Å². The summed E-state index contributed by atoms with van der Waals surface area (Å²) in [6, 6.07) is 1.01. The Kier molecular flexibility index (Phi) is 14.0. The number of sulfonamides is 1. The van der Waals surface area contributed by atoms with Crippen molar-refractivity contribution in [2.75, 3.05) is 31.9 Å². The number of benzene rings is 1. The Hall–Kier alpha value is -1.76. The van der Waals surface area contributed by atoms with Crippen LogP contribution in [0.2, 0.25) is 0 Å². The predicted molar refractivity (Wildman–Crippen MR) is 136 cm³/mol. The van der Waals surface area contributed by atoms with Crippen molar-refractivity contribution in [3.05, 3.63) is 35.1 Å². The topological polar surface area (TPSA) is 98.7 Å². The van der Waals surface area contributed by atoms with Gasteiger partial charge in [-0.15, -0.1) is 0 Å². The SMILES string of the molecule is CCCN(CCC)S(=O)(=O)CCC(=O)N[C@@H](Cc1cc(F)cc(C(F)(F)F)c1)[C@H](O)CNCCC(C)C. The Balaban J connectivity index is 3.00. The Morgan fingerprint density at radius 2 is 1.73 bits per heavy atom. The number of nitrogens with one attached hydrogen (secondary N) is 2. The van der Waals surface area contributed by atoms with Crippen molar-refractivity contribution in [1.29, 1.82) is 0 Å². The number of hydrogen-bond donors (Lipinski definition) is 3. The number of carbonyl (C=O) groups excluding carboxylic acids is 1. The first-order valence-electron chi connectivity index (χ1n) is 12.7. The highest BCUT2D eigenvalue weighted by Crippen LogP contribution is 2.30. The van der Waals surface area contributed by atoms with Crippen LogP contribution < -0.4 is 10.6 Å². The molecule has 1 amide bonds. The third kappa shape index (κ3) is 12.6. The number of nitrogens with zero attached hydrogens (tertiary/aromatic N) is 1. The van der Waals surface area contributed by atoms with Gasteiger partial charge in [0.15, 0.2) is 0 Å². The zero-order valence-electron chi connectivity index (χ0n) is 22.1. The minimum atomic E-state index is -4.76. The van der Waals surface area contributed by atoms with Crippen LogP contribution in [0.3, 0.4) is 0 Å². The average molecular weight is 556 g/mol. The average Bonchev–Trinajstić information content (AvgIpc) is 2.79. The van der Waals surface area contributed by atoms with E-state index in [1.54, 1.807) is 0 Å². The van der Waals surface area contributed by atoms with E-state index in [-0.39, 0.29) is 24.9 Å². The smallest absolute Gasteiger partial charge is 0.390 e. The zero-order chi connectivity index (χ0) is 28.2. The van der Waals surface area contributed by atoms with Crippen LogP contribution in [0.15, 0.2) is 18.2 Å². The molecule has 12 heteroatoms. The fraction of sp³-hybridized carbons (Fsp3) is 0.720. The van der Waals surface area contributed by atoms with Gasteiger partial charge in [0.05, 0.1) is 23.5 Å². The summed E-state index contributed by atoms with van der Waals surface area (Å²) in [6.45, 7) is 9.05. The van der Waals surface area contributed by atoms with Crippen molar-refractivity contribution in [2.24, 2.45) is 5.92 Å². The summed E-state index contributed by atoms with van der Waals surface area (Å²) in [5.74, 6) is -1.78. The molecule has 0 fully saturated rings. The zero-order valence-corrected chi connectivity index (χ0v) is 22.9. The standard InChI is InChI=1S/C25H41F4N3O4S/c1-5-10-32(11-6-2)37(35,36)12-8-24(34)31-22(23(33)17-30-9-7-18(3)4)15-19-13-20(25(27,28)29)16-21(26)14-19/h13-14,16,18,22-23,30,33H,5-12,15,17H2,1-4H3,(H,31,34)/t22-,23+/m0/s1. The van der Waals surface area contributed by atoms with E-state index in [9.17, 15) is 35.9 Å². The molecular weight excluding hydrogens is 514 g/mol. The van der Waals surface area contributed by atoms with Gasteiger partial charge in [-0.1, -0.05) is 27.7 Å². The highest BCUT2D eigenvalue weighted by atomic mass is 32.2. The molecule has 0 bridgehead atoms. The normalized spacial score (nSPS) is 14.2. The van der Waals surface area contributed by atoms with Crippen LogP contribution in [0.25, 0.3) is 0 Å². The number of alkyl halides is 3. The molecule has 0 radical (unpaired) electrons. The lowest BCUT2D eigenvalue weighted by Gasteiger charge is -2.26. The quantitative estimate of drug-likeness (QED) is 0.201. The summed E-state index contributed by atoms with van der Waals surface area (Å²) in [6.07, 6.45) is -4.55. The number of carbonyl (C=O) groups is 1. The van der Waals surface area contributed by atoms with Crippen LogP contribution in [0.1, 0.15) is 64.5 Å². The van der Waals surface area contributed by atoms with Gasteiger partial charge >= 0.3 is 6.18 Å². The van der Waals surface area contributed by atoms with Crippen LogP contribution in [0.5, 0.6) is 0 Å². The lowest BCUT2D eigenvalue weighted by molar-refractivity contribution is -0.137. The molecule has 1 rings (SSSR count). The second-order valence-corrected chi connectivity index (χ2v) is 11.7. The maximum atomic E-state index is 13.9. The van der Waals surface area contributed by atoms with Gasteiger partial charge in [-0.3, -0.25) is 4.79 Å². The number of hydrogen-bond acceptors (Lipinski definition) is 5. The van der Waals surface area contributed by atoms with Crippen molar-refractivity contribution >= 4 is 15.9 Å². The number of halogens is 4. The number of aliphatic hydroxyl groups excluding tert-OH is 1. The molecule has 0 unspecified atom stereocenters. The van der Waals surface area contributed by atoms with Crippen LogP contribution in [0.4, 0.5) is 17.6 Å². The lowest BCUT2D eigenvalue weighted by Crippen LogP contribution is -2.49. The Morgan fingerprint density at radius 3 is 2.27 bits per heavy atom. The largest absolute Gasteiger partial charge is 0.416 e. The molecule has 0 aliphatic carbocycles. The highest BCUT2D eigenvalue weighted by Gasteiger charge is 2.32. The first kappa shape index (κ1) is 33.3. The van der Waals surface area contributed by atoms with Crippen molar-refractivity contribution in [2.45, 2.75) is 78.1 Å². The van der Waals surface area contributed by atoms with Crippen molar-refractivity contribution in [3.8, 4) is 0 Å². The molecule has 0 heterocycles. The monoisotopic (exact) mass is 555 g/mol. The molecule has 1 aromatic rings. The maximum Gasteiger partial charge on any atom is 0.416 e. The summed E-state index contributed by atoms with van der Waals surface area (Å²) in [4.78, 5) is 12.7. The molecule has 7 nitrogen and oxygen atoms in total. The van der Waals surface area contributed by atoms with E-state index in [4.69, 9.17) is 0 Å². The molecular formula is C25H41F4N3O4S. The van der Waals surface area contributed by atoms with Crippen molar-refractivity contribution in [1.82, 2.24) is 14.9 Å². The molecule has 0 aromatic heterocycles. The van der Waals surface area contributed by atoms with E-state index in [0.29, 0.717) is 44.5 Å². The van der Waals surface area contributed by atoms with Gasteiger partial charge in [0, 0.05) is 26.1 Å². The second kappa shape index (κ2) is 15.6. The van der Waals surface area contributed by atoms with Gasteiger partial charge in [-0.2, -0.15) is 13.2 Å². The summed E-state index contributed by atoms with van der Waals surface area (Å²) in [5.41, 5.74) is -1.22. The van der Waals surface area contributed by atoms with E-state index in [0.717, 1.165) is 18.6 Å². The Labute approximate surface area is 218 Å². The molecule has 3 N–H and O–H groups in total. The first-order chi connectivity index (χ1) is 17.2. The van der Waals surface area contributed by atoms with E-state index in [1.807, 2.05) is 27.7 Å². The predicted octanol–water partition coefficient (Wildman–Crippen LogP) is 3.71. The van der Waals surface area contributed by atoms with Gasteiger partial charge in [0.25, 0.3) is 0 Å². The number of rotatable bonds is 17. The van der Waals surface area contributed by atoms with Gasteiger partial charge in [-0.25, -0.2) is 17.1 Å². The molecule has 37 heavy (non-hydrogen) atoms. The fourth-order valence-electron chi connectivity index (χ4n) is 3.77.